The molecule has 0 fully saturated rings. The van der Waals surface area contributed by atoms with Crippen molar-refractivity contribution in [2.24, 2.45) is 5.73 Å². The van der Waals surface area contributed by atoms with E-state index in [0.717, 1.165) is 22.6 Å². The van der Waals surface area contributed by atoms with Crippen molar-refractivity contribution in [3.63, 3.8) is 0 Å². The van der Waals surface area contributed by atoms with Gasteiger partial charge in [-0.25, -0.2) is 0 Å². The normalized spacial score (nSPS) is 11.9. The maximum Gasteiger partial charge on any atom is 0.127 e. The van der Waals surface area contributed by atoms with E-state index in [9.17, 15) is 0 Å². The Labute approximate surface area is 132 Å². The topological polar surface area (TPSA) is 48.1 Å². The van der Waals surface area contributed by atoms with Gasteiger partial charge in [0, 0.05) is 23.9 Å². The van der Waals surface area contributed by atoms with Crippen LogP contribution in [0.5, 0.6) is 5.75 Å². The fourth-order valence-corrected chi connectivity index (χ4v) is 2.04. The molecule has 1 aromatic carbocycles. The number of hydrogen-bond donors (Lipinski definition) is 1. The SMILES string of the molecule is C/C=C\C=C(/C)COc1ccccc1-c1ccc(CN)nc1. The summed E-state index contributed by atoms with van der Waals surface area (Å²) < 4.78 is 5.95. The molecule has 22 heavy (non-hydrogen) atoms. The van der Waals surface area contributed by atoms with E-state index in [4.69, 9.17) is 10.5 Å². The Morgan fingerprint density at radius 2 is 2.05 bits per heavy atom. The van der Waals surface area contributed by atoms with Gasteiger partial charge in [-0.2, -0.15) is 0 Å². The Kier molecular flexibility index (Phi) is 5.92. The number of aromatic nitrogens is 1. The number of allylic oxidation sites excluding steroid dienone is 3. The van der Waals surface area contributed by atoms with Gasteiger partial charge in [-0.3, -0.25) is 4.98 Å². The third-order valence-electron chi connectivity index (χ3n) is 3.26. The van der Waals surface area contributed by atoms with Crippen LogP contribution in [0.2, 0.25) is 0 Å². The molecule has 0 saturated heterocycles. The van der Waals surface area contributed by atoms with Gasteiger partial charge in [0.05, 0.1) is 5.69 Å². The van der Waals surface area contributed by atoms with Gasteiger partial charge in [0.1, 0.15) is 12.4 Å². The van der Waals surface area contributed by atoms with Gasteiger partial charge in [0.2, 0.25) is 0 Å². The summed E-state index contributed by atoms with van der Waals surface area (Å²) in [6, 6.07) is 12.0. The summed E-state index contributed by atoms with van der Waals surface area (Å²) in [5.74, 6) is 0.859. The molecular formula is C19H22N2O. The average molecular weight is 294 g/mol. The zero-order chi connectivity index (χ0) is 15.8. The van der Waals surface area contributed by atoms with Crippen LogP contribution in [-0.4, -0.2) is 11.6 Å². The number of rotatable bonds is 6. The molecule has 1 heterocycles. The fourth-order valence-electron chi connectivity index (χ4n) is 2.04. The first-order valence-electron chi connectivity index (χ1n) is 7.40. The van der Waals surface area contributed by atoms with Crippen LogP contribution in [-0.2, 0) is 6.54 Å². The highest BCUT2D eigenvalue weighted by atomic mass is 16.5. The Morgan fingerprint density at radius 3 is 2.73 bits per heavy atom. The standard InChI is InChI=1S/C19H22N2O/c1-3-4-7-15(2)14-22-19-9-6-5-8-18(19)16-10-11-17(12-20)21-13-16/h3-11,13H,12,14,20H2,1-2H3/b4-3-,15-7+. The third-order valence-corrected chi connectivity index (χ3v) is 3.26. The number of nitrogens with two attached hydrogens (primary N) is 1. The lowest BCUT2D eigenvalue weighted by Crippen LogP contribution is -2.01. The Hall–Kier alpha value is -2.39. The maximum absolute atomic E-state index is 5.95. The predicted octanol–water partition coefficient (Wildman–Crippen LogP) is 4.11. The Morgan fingerprint density at radius 1 is 1.23 bits per heavy atom. The van der Waals surface area contributed by atoms with E-state index in [-0.39, 0.29) is 0 Å². The number of nitrogens with zero attached hydrogens (tertiary/aromatic N) is 1. The van der Waals surface area contributed by atoms with Crippen LogP contribution in [0.4, 0.5) is 0 Å². The number of hydrogen-bond acceptors (Lipinski definition) is 3. The quantitative estimate of drug-likeness (QED) is 0.816. The van der Waals surface area contributed by atoms with Gasteiger partial charge in [0.15, 0.2) is 0 Å². The smallest absolute Gasteiger partial charge is 0.127 e. The van der Waals surface area contributed by atoms with Crippen molar-refractivity contribution in [2.75, 3.05) is 6.61 Å². The van der Waals surface area contributed by atoms with Crippen LogP contribution in [0.15, 0.2) is 66.4 Å². The van der Waals surface area contributed by atoms with E-state index < -0.39 is 0 Å². The molecule has 3 heteroatoms. The van der Waals surface area contributed by atoms with Gasteiger partial charge in [-0.05, 0) is 31.6 Å². The molecule has 2 aromatic rings. The lowest BCUT2D eigenvalue weighted by Gasteiger charge is -2.12. The second-order valence-electron chi connectivity index (χ2n) is 5.07. The Balaban J connectivity index is 2.19. The average Bonchev–Trinajstić information content (AvgIpc) is 2.58. The summed E-state index contributed by atoms with van der Waals surface area (Å²) in [7, 11) is 0. The molecule has 0 saturated carbocycles. The summed E-state index contributed by atoms with van der Waals surface area (Å²) in [6.07, 6.45) is 7.91. The summed E-state index contributed by atoms with van der Waals surface area (Å²) in [6.45, 7) is 5.07. The lowest BCUT2D eigenvalue weighted by molar-refractivity contribution is 0.353. The molecule has 0 aliphatic rings. The van der Waals surface area contributed by atoms with Crippen molar-refractivity contribution >= 4 is 0 Å². The molecule has 2 rings (SSSR count). The molecule has 0 aliphatic heterocycles. The molecule has 1 aromatic heterocycles. The molecule has 0 spiro atoms. The van der Waals surface area contributed by atoms with Crippen molar-refractivity contribution in [1.29, 1.82) is 0 Å². The third kappa shape index (κ3) is 4.30. The first-order valence-corrected chi connectivity index (χ1v) is 7.40. The van der Waals surface area contributed by atoms with Gasteiger partial charge >= 0.3 is 0 Å². The molecule has 0 bridgehead atoms. The molecule has 2 N–H and O–H groups in total. The van der Waals surface area contributed by atoms with Crippen LogP contribution < -0.4 is 10.5 Å². The molecule has 0 amide bonds. The van der Waals surface area contributed by atoms with Crippen molar-refractivity contribution in [3.05, 3.63) is 72.1 Å². The van der Waals surface area contributed by atoms with Gasteiger partial charge in [-0.15, -0.1) is 0 Å². The van der Waals surface area contributed by atoms with Gasteiger partial charge in [-0.1, -0.05) is 42.5 Å². The van der Waals surface area contributed by atoms with Crippen molar-refractivity contribution in [3.8, 4) is 16.9 Å². The first kappa shape index (κ1) is 16.0. The number of pyridine rings is 1. The van der Waals surface area contributed by atoms with E-state index >= 15 is 0 Å². The molecule has 0 radical (unpaired) electrons. The van der Waals surface area contributed by atoms with Crippen LogP contribution in [0.3, 0.4) is 0 Å². The number of ether oxygens (including phenoxy) is 1. The highest BCUT2D eigenvalue weighted by Crippen LogP contribution is 2.29. The van der Waals surface area contributed by atoms with Gasteiger partial charge < -0.3 is 10.5 Å². The van der Waals surface area contributed by atoms with Crippen molar-refractivity contribution < 1.29 is 4.74 Å². The molecular weight excluding hydrogens is 272 g/mol. The first-order chi connectivity index (χ1) is 10.7. The molecule has 0 unspecified atom stereocenters. The summed E-state index contributed by atoms with van der Waals surface area (Å²) >= 11 is 0. The number of benzene rings is 1. The summed E-state index contributed by atoms with van der Waals surface area (Å²) in [4.78, 5) is 4.35. The molecule has 3 nitrogen and oxygen atoms in total. The second kappa shape index (κ2) is 8.15. The Bertz CT molecular complexity index is 657. The van der Waals surface area contributed by atoms with E-state index in [1.807, 2.05) is 61.7 Å². The fraction of sp³-hybridized carbons (Fsp3) is 0.211. The maximum atomic E-state index is 5.95. The summed E-state index contributed by atoms with van der Waals surface area (Å²) in [5, 5.41) is 0. The minimum atomic E-state index is 0.452. The van der Waals surface area contributed by atoms with E-state index in [1.165, 1.54) is 5.57 Å². The van der Waals surface area contributed by atoms with Crippen molar-refractivity contribution in [1.82, 2.24) is 4.98 Å². The molecule has 0 aliphatic carbocycles. The van der Waals surface area contributed by atoms with Crippen LogP contribution in [0.1, 0.15) is 19.5 Å². The van der Waals surface area contributed by atoms with Crippen LogP contribution in [0, 0.1) is 0 Å². The highest BCUT2D eigenvalue weighted by Gasteiger charge is 2.06. The van der Waals surface area contributed by atoms with Crippen LogP contribution >= 0.6 is 0 Å². The minimum absolute atomic E-state index is 0.452. The van der Waals surface area contributed by atoms with E-state index in [1.54, 1.807) is 0 Å². The van der Waals surface area contributed by atoms with E-state index in [0.29, 0.717) is 13.2 Å². The van der Waals surface area contributed by atoms with Gasteiger partial charge in [0.25, 0.3) is 0 Å². The van der Waals surface area contributed by atoms with Crippen molar-refractivity contribution in [2.45, 2.75) is 20.4 Å². The summed E-state index contributed by atoms with van der Waals surface area (Å²) in [5.41, 5.74) is 9.71. The molecule has 114 valence electrons. The lowest BCUT2D eigenvalue weighted by atomic mass is 10.1. The van der Waals surface area contributed by atoms with E-state index in [2.05, 4.69) is 18.0 Å². The predicted molar refractivity (Wildman–Crippen MR) is 91.6 cm³/mol. The zero-order valence-electron chi connectivity index (χ0n) is 13.1. The monoisotopic (exact) mass is 294 g/mol. The second-order valence-corrected chi connectivity index (χ2v) is 5.07. The van der Waals surface area contributed by atoms with Crippen LogP contribution in [0.25, 0.3) is 11.1 Å². The largest absolute Gasteiger partial charge is 0.489 e. The zero-order valence-corrected chi connectivity index (χ0v) is 13.1. The minimum Gasteiger partial charge on any atom is -0.489 e. The highest BCUT2D eigenvalue weighted by molar-refractivity contribution is 5.69. The molecule has 0 atom stereocenters. The number of para-hydroxylation sites is 1.